The van der Waals surface area contributed by atoms with Gasteiger partial charge in [-0.3, -0.25) is 0 Å². The van der Waals surface area contributed by atoms with E-state index in [-0.39, 0.29) is 5.88 Å². The van der Waals surface area contributed by atoms with Crippen LogP contribution in [0.4, 0.5) is 0 Å². The van der Waals surface area contributed by atoms with Crippen LogP contribution in [0.5, 0.6) is 0 Å². The maximum absolute atomic E-state index is 10.9. The minimum Gasteiger partial charge on any atom is -0.478 e. The summed E-state index contributed by atoms with van der Waals surface area (Å²) >= 11 is 5.75. The first kappa shape index (κ1) is 11.1. The largest absolute Gasteiger partial charge is 0.478 e. The van der Waals surface area contributed by atoms with Crippen molar-refractivity contribution >= 4 is 17.6 Å². The van der Waals surface area contributed by atoms with Gasteiger partial charge in [-0.1, -0.05) is 25.5 Å². The number of aryl methyl sites for hydroxylation is 1. The van der Waals surface area contributed by atoms with Crippen molar-refractivity contribution in [2.24, 2.45) is 0 Å². The molecule has 3 heteroatoms. The van der Waals surface area contributed by atoms with E-state index in [1.165, 1.54) is 0 Å². The molecule has 1 aromatic rings. The molecule has 1 rings (SSSR count). The van der Waals surface area contributed by atoms with Gasteiger partial charge < -0.3 is 5.11 Å². The Kier molecular flexibility index (Phi) is 3.96. The van der Waals surface area contributed by atoms with Crippen molar-refractivity contribution < 1.29 is 9.90 Å². The van der Waals surface area contributed by atoms with Gasteiger partial charge in [0, 0.05) is 5.88 Å². The minimum atomic E-state index is -0.904. The van der Waals surface area contributed by atoms with Crippen LogP contribution < -0.4 is 0 Å². The maximum Gasteiger partial charge on any atom is 0.336 e. The second-order valence-corrected chi connectivity index (χ2v) is 3.40. The first-order valence-corrected chi connectivity index (χ1v) is 5.14. The summed E-state index contributed by atoms with van der Waals surface area (Å²) in [6.07, 6.45) is 1.87. The van der Waals surface area contributed by atoms with Crippen molar-refractivity contribution in [1.29, 1.82) is 0 Å². The van der Waals surface area contributed by atoms with E-state index in [0.29, 0.717) is 5.56 Å². The van der Waals surface area contributed by atoms with Crippen LogP contribution in [-0.2, 0) is 12.3 Å². The number of alkyl halides is 1. The van der Waals surface area contributed by atoms with E-state index in [1.807, 2.05) is 6.07 Å². The van der Waals surface area contributed by atoms with Gasteiger partial charge in [-0.15, -0.1) is 11.6 Å². The van der Waals surface area contributed by atoms with Crippen LogP contribution >= 0.6 is 11.6 Å². The lowest BCUT2D eigenvalue weighted by atomic mass is 9.99. The topological polar surface area (TPSA) is 37.3 Å². The molecule has 0 aliphatic rings. The number of aromatic carboxylic acids is 1. The Morgan fingerprint density at radius 3 is 2.71 bits per heavy atom. The molecule has 1 N–H and O–H groups in total. The van der Waals surface area contributed by atoms with Crippen LogP contribution in [0.15, 0.2) is 18.2 Å². The number of rotatable bonds is 4. The molecule has 0 aromatic heterocycles. The molecule has 0 fully saturated rings. The second kappa shape index (κ2) is 5.01. The van der Waals surface area contributed by atoms with Gasteiger partial charge in [-0.05, 0) is 23.6 Å². The summed E-state index contributed by atoms with van der Waals surface area (Å²) in [5, 5.41) is 8.93. The minimum absolute atomic E-state index is 0.262. The lowest BCUT2D eigenvalue weighted by Gasteiger charge is -2.08. The Morgan fingerprint density at radius 1 is 1.50 bits per heavy atom. The Labute approximate surface area is 88.5 Å². The summed E-state index contributed by atoms with van der Waals surface area (Å²) in [6, 6.07) is 5.30. The van der Waals surface area contributed by atoms with Crippen molar-refractivity contribution in [3.8, 4) is 0 Å². The average molecular weight is 213 g/mol. The Balaban J connectivity index is 3.17. The molecule has 0 radical (unpaired) electrons. The third kappa shape index (κ3) is 2.26. The van der Waals surface area contributed by atoms with Gasteiger partial charge >= 0.3 is 5.97 Å². The highest BCUT2D eigenvalue weighted by Gasteiger charge is 2.11. The monoisotopic (exact) mass is 212 g/mol. The zero-order chi connectivity index (χ0) is 10.6. The third-order valence-electron chi connectivity index (χ3n) is 2.16. The quantitative estimate of drug-likeness (QED) is 0.779. The first-order valence-electron chi connectivity index (χ1n) is 4.60. The molecule has 0 heterocycles. The molecule has 0 unspecified atom stereocenters. The number of carbonyl (C=O) groups is 1. The molecule has 0 amide bonds. The van der Waals surface area contributed by atoms with Gasteiger partial charge in [0.25, 0.3) is 0 Å². The molecular formula is C11H13ClO2. The van der Waals surface area contributed by atoms with Gasteiger partial charge in [0.05, 0.1) is 5.56 Å². The summed E-state index contributed by atoms with van der Waals surface area (Å²) in [5.74, 6) is -0.642. The fourth-order valence-corrected chi connectivity index (χ4v) is 1.81. The molecule has 76 valence electrons. The van der Waals surface area contributed by atoms with Crippen molar-refractivity contribution in [2.45, 2.75) is 25.6 Å². The molecule has 0 aliphatic carbocycles. The molecule has 2 nitrogen and oxygen atoms in total. The summed E-state index contributed by atoms with van der Waals surface area (Å²) in [7, 11) is 0. The fourth-order valence-electron chi connectivity index (χ4n) is 1.50. The number of hydrogen-bond donors (Lipinski definition) is 1. The van der Waals surface area contributed by atoms with Crippen molar-refractivity contribution in [3.63, 3.8) is 0 Å². The molecule has 0 saturated carbocycles. The van der Waals surface area contributed by atoms with E-state index in [2.05, 4.69) is 6.92 Å². The van der Waals surface area contributed by atoms with E-state index in [9.17, 15) is 4.79 Å². The van der Waals surface area contributed by atoms with Crippen LogP contribution in [0, 0.1) is 0 Å². The van der Waals surface area contributed by atoms with E-state index >= 15 is 0 Å². The van der Waals surface area contributed by atoms with Gasteiger partial charge in [-0.25, -0.2) is 4.79 Å². The molecule has 14 heavy (non-hydrogen) atoms. The Hall–Kier alpha value is -1.02. The summed E-state index contributed by atoms with van der Waals surface area (Å²) in [5.41, 5.74) is 2.12. The summed E-state index contributed by atoms with van der Waals surface area (Å²) in [6.45, 7) is 2.06. The number of benzene rings is 1. The van der Waals surface area contributed by atoms with Crippen LogP contribution in [0.25, 0.3) is 0 Å². The van der Waals surface area contributed by atoms with E-state index in [1.54, 1.807) is 12.1 Å². The molecule has 0 saturated heterocycles. The van der Waals surface area contributed by atoms with Gasteiger partial charge in [0.1, 0.15) is 0 Å². The second-order valence-electron chi connectivity index (χ2n) is 3.13. The fraction of sp³-hybridized carbons (Fsp3) is 0.364. The lowest BCUT2D eigenvalue weighted by Crippen LogP contribution is -2.04. The highest BCUT2D eigenvalue weighted by Crippen LogP contribution is 2.18. The number of hydrogen-bond acceptors (Lipinski definition) is 1. The van der Waals surface area contributed by atoms with Crippen molar-refractivity contribution in [2.75, 3.05) is 0 Å². The van der Waals surface area contributed by atoms with Gasteiger partial charge in [0.15, 0.2) is 0 Å². The third-order valence-corrected chi connectivity index (χ3v) is 2.42. The van der Waals surface area contributed by atoms with Crippen molar-refractivity contribution in [3.05, 3.63) is 34.9 Å². The van der Waals surface area contributed by atoms with E-state index in [0.717, 1.165) is 24.0 Å². The van der Waals surface area contributed by atoms with Crippen LogP contribution in [0.3, 0.4) is 0 Å². The average Bonchev–Trinajstić information content (AvgIpc) is 2.18. The maximum atomic E-state index is 10.9. The van der Waals surface area contributed by atoms with Gasteiger partial charge in [-0.2, -0.15) is 0 Å². The molecule has 0 aliphatic heterocycles. The molecular weight excluding hydrogens is 200 g/mol. The number of halogens is 1. The molecule has 0 spiro atoms. The molecule has 0 bridgehead atoms. The summed E-state index contributed by atoms with van der Waals surface area (Å²) < 4.78 is 0. The predicted molar refractivity (Wildman–Crippen MR) is 57.0 cm³/mol. The highest BCUT2D eigenvalue weighted by atomic mass is 35.5. The van der Waals surface area contributed by atoms with Gasteiger partial charge in [0.2, 0.25) is 0 Å². The lowest BCUT2D eigenvalue weighted by molar-refractivity contribution is 0.0696. The first-order chi connectivity index (χ1) is 6.70. The number of carboxylic acid groups (broad SMARTS) is 1. The number of carboxylic acids is 1. The Morgan fingerprint density at radius 2 is 2.21 bits per heavy atom. The Bertz CT molecular complexity index is 334. The van der Waals surface area contributed by atoms with Crippen molar-refractivity contribution in [1.82, 2.24) is 0 Å². The summed E-state index contributed by atoms with van der Waals surface area (Å²) in [4.78, 5) is 10.9. The highest BCUT2D eigenvalue weighted by molar-refractivity contribution is 6.17. The molecule has 1 aromatic carbocycles. The van der Waals surface area contributed by atoms with Crippen LogP contribution in [-0.4, -0.2) is 11.1 Å². The zero-order valence-electron chi connectivity index (χ0n) is 8.09. The van der Waals surface area contributed by atoms with E-state index < -0.39 is 5.97 Å². The standard InChI is InChI=1S/C11H13ClO2/c1-2-4-8-5-3-6-9(11(13)14)10(8)7-12/h3,5-6H,2,4,7H2,1H3,(H,13,14). The smallest absolute Gasteiger partial charge is 0.336 e. The zero-order valence-corrected chi connectivity index (χ0v) is 8.84. The predicted octanol–water partition coefficient (Wildman–Crippen LogP) is 3.08. The normalized spacial score (nSPS) is 10.1. The molecule has 0 atom stereocenters. The SMILES string of the molecule is CCCc1cccc(C(=O)O)c1CCl. The van der Waals surface area contributed by atoms with Crippen LogP contribution in [0.1, 0.15) is 34.8 Å². The van der Waals surface area contributed by atoms with Crippen LogP contribution in [0.2, 0.25) is 0 Å². The van der Waals surface area contributed by atoms with E-state index in [4.69, 9.17) is 16.7 Å².